The van der Waals surface area contributed by atoms with Crippen molar-refractivity contribution in [1.82, 2.24) is 30.1 Å². The van der Waals surface area contributed by atoms with Crippen molar-refractivity contribution in [3.63, 3.8) is 0 Å². The first-order chi connectivity index (χ1) is 17.4. The van der Waals surface area contributed by atoms with Gasteiger partial charge in [-0.05, 0) is 84.5 Å². The zero-order chi connectivity index (χ0) is 25.2. The van der Waals surface area contributed by atoms with Gasteiger partial charge in [-0.15, -0.1) is 5.10 Å². The van der Waals surface area contributed by atoms with Crippen molar-refractivity contribution in [2.75, 3.05) is 0 Å². The second-order valence-electron chi connectivity index (χ2n) is 10.0. The fourth-order valence-electron chi connectivity index (χ4n) is 5.65. The SMILES string of the molecule is CCC(c1nnnn1Cc1ccc(F)cc1)N(Cc1cc2c(C)cc(C)cc2[nH]c1=O)C1CCCC1. The van der Waals surface area contributed by atoms with Crippen LogP contribution >= 0.6 is 0 Å². The average Bonchev–Trinajstić information content (AvgIpc) is 3.54. The summed E-state index contributed by atoms with van der Waals surface area (Å²) in [5.41, 5.74) is 4.82. The zero-order valence-corrected chi connectivity index (χ0v) is 21.2. The number of hydrogen-bond donors (Lipinski definition) is 1. The maximum absolute atomic E-state index is 13.4. The zero-order valence-electron chi connectivity index (χ0n) is 21.2. The van der Waals surface area contributed by atoms with Crippen LogP contribution in [0.2, 0.25) is 0 Å². The van der Waals surface area contributed by atoms with Gasteiger partial charge in [-0.1, -0.05) is 38.0 Å². The summed E-state index contributed by atoms with van der Waals surface area (Å²) in [7, 11) is 0. The lowest BCUT2D eigenvalue weighted by molar-refractivity contribution is 0.112. The van der Waals surface area contributed by atoms with Gasteiger partial charge >= 0.3 is 0 Å². The van der Waals surface area contributed by atoms with Crippen LogP contribution in [0, 0.1) is 19.7 Å². The van der Waals surface area contributed by atoms with Gasteiger partial charge in [-0.25, -0.2) is 9.07 Å². The van der Waals surface area contributed by atoms with Gasteiger partial charge in [-0.3, -0.25) is 9.69 Å². The van der Waals surface area contributed by atoms with Crippen molar-refractivity contribution in [2.24, 2.45) is 0 Å². The Labute approximate surface area is 210 Å². The van der Waals surface area contributed by atoms with Crippen molar-refractivity contribution < 1.29 is 4.39 Å². The molecule has 188 valence electrons. The lowest BCUT2D eigenvalue weighted by Crippen LogP contribution is -2.39. The number of pyridine rings is 1. The van der Waals surface area contributed by atoms with E-state index in [-0.39, 0.29) is 17.4 Å². The van der Waals surface area contributed by atoms with Gasteiger partial charge in [0.05, 0.1) is 12.6 Å². The minimum Gasteiger partial charge on any atom is -0.322 e. The number of aromatic nitrogens is 5. The fraction of sp³-hybridized carbons (Fsp3) is 0.429. The summed E-state index contributed by atoms with van der Waals surface area (Å²) >= 11 is 0. The lowest BCUT2D eigenvalue weighted by Gasteiger charge is -2.35. The number of rotatable bonds is 8. The Kier molecular flexibility index (Phi) is 6.96. The third-order valence-electron chi connectivity index (χ3n) is 7.43. The monoisotopic (exact) mass is 488 g/mol. The molecular weight excluding hydrogens is 455 g/mol. The van der Waals surface area contributed by atoms with E-state index in [1.54, 1.807) is 16.8 Å². The van der Waals surface area contributed by atoms with E-state index in [4.69, 9.17) is 0 Å². The molecule has 2 aromatic heterocycles. The molecule has 1 fully saturated rings. The van der Waals surface area contributed by atoms with Gasteiger partial charge in [0.15, 0.2) is 5.82 Å². The molecule has 0 amide bonds. The maximum Gasteiger partial charge on any atom is 0.252 e. The van der Waals surface area contributed by atoms with Crippen LogP contribution in [0.1, 0.15) is 73.1 Å². The van der Waals surface area contributed by atoms with Crippen molar-refractivity contribution in [2.45, 2.75) is 78.0 Å². The van der Waals surface area contributed by atoms with E-state index in [0.717, 1.165) is 58.2 Å². The highest BCUT2D eigenvalue weighted by atomic mass is 19.1. The molecule has 7 nitrogen and oxygen atoms in total. The predicted octanol–water partition coefficient (Wildman–Crippen LogP) is 5.21. The molecule has 1 atom stereocenters. The minimum atomic E-state index is -0.263. The average molecular weight is 489 g/mol. The summed E-state index contributed by atoms with van der Waals surface area (Å²) in [5.74, 6) is 0.512. The van der Waals surface area contributed by atoms with E-state index in [1.807, 2.05) is 13.0 Å². The van der Waals surface area contributed by atoms with E-state index in [1.165, 1.54) is 25.0 Å². The number of hydrogen-bond acceptors (Lipinski definition) is 5. The second kappa shape index (κ2) is 10.3. The highest BCUT2D eigenvalue weighted by Gasteiger charge is 2.32. The summed E-state index contributed by atoms with van der Waals surface area (Å²) in [4.78, 5) is 18.7. The van der Waals surface area contributed by atoms with Crippen LogP contribution in [0.5, 0.6) is 0 Å². The molecule has 1 unspecified atom stereocenters. The van der Waals surface area contributed by atoms with Crippen LogP contribution in [-0.2, 0) is 13.1 Å². The van der Waals surface area contributed by atoms with Gasteiger partial charge in [-0.2, -0.15) is 0 Å². The third-order valence-corrected chi connectivity index (χ3v) is 7.43. The molecule has 1 saturated carbocycles. The number of tetrazole rings is 1. The van der Waals surface area contributed by atoms with E-state index >= 15 is 0 Å². The van der Waals surface area contributed by atoms with Gasteiger partial charge in [0.2, 0.25) is 0 Å². The van der Waals surface area contributed by atoms with E-state index < -0.39 is 0 Å². The lowest BCUT2D eigenvalue weighted by atomic mass is 10.0. The summed E-state index contributed by atoms with van der Waals surface area (Å²) < 4.78 is 15.2. The smallest absolute Gasteiger partial charge is 0.252 e. The van der Waals surface area contributed by atoms with Crippen LogP contribution in [0.3, 0.4) is 0 Å². The predicted molar refractivity (Wildman–Crippen MR) is 138 cm³/mol. The van der Waals surface area contributed by atoms with E-state index in [9.17, 15) is 9.18 Å². The molecule has 0 saturated heterocycles. The molecule has 8 heteroatoms. The maximum atomic E-state index is 13.4. The van der Waals surface area contributed by atoms with Gasteiger partial charge in [0.25, 0.3) is 5.56 Å². The van der Waals surface area contributed by atoms with Crippen LogP contribution in [-0.4, -0.2) is 36.1 Å². The highest BCUT2D eigenvalue weighted by molar-refractivity contribution is 5.83. The van der Waals surface area contributed by atoms with E-state index in [2.05, 4.69) is 51.4 Å². The molecule has 0 radical (unpaired) electrons. The summed E-state index contributed by atoms with van der Waals surface area (Å²) in [6.45, 7) is 7.27. The number of nitrogens with zero attached hydrogens (tertiary/aromatic N) is 5. The summed E-state index contributed by atoms with van der Waals surface area (Å²) in [6, 6.07) is 13.0. The van der Waals surface area contributed by atoms with Gasteiger partial charge < -0.3 is 4.98 Å². The Balaban J connectivity index is 1.50. The van der Waals surface area contributed by atoms with Crippen molar-refractivity contribution >= 4 is 10.9 Å². The Morgan fingerprint density at radius 1 is 1.14 bits per heavy atom. The van der Waals surface area contributed by atoms with Crippen molar-refractivity contribution in [3.8, 4) is 0 Å². The topological polar surface area (TPSA) is 79.7 Å². The normalized spacial score (nSPS) is 15.2. The molecular formula is C28H33FN6O. The fourth-order valence-corrected chi connectivity index (χ4v) is 5.65. The van der Waals surface area contributed by atoms with E-state index in [0.29, 0.717) is 19.1 Å². The van der Waals surface area contributed by atoms with Gasteiger partial charge in [0.1, 0.15) is 5.82 Å². The largest absolute Gasteiger partial charge is 0.322 e. The summed E-state index contributed by atoms with van der Waals surface area (Å²) in [5, 5.41) is 13.8. The molecule has 1 aliphatic rings. The van der Waals surface area contributed by atoms with Crippen LogP contribution in [0.25, 0.3) is 10.9 Å². The minimum absolute atomic E-state index is 0.0437. The van der Waals surface area contributed by atoms with Crippen LogP contribution in [0.15, 0.2) is 47.3 Å². The molecule has 0 bridgehead atoms. The van der Waals surface area contributed by atoms with Crippen molar-refractivity contribution in [1.29, 1.82) is 0 Å². The second-order valence-corrected chi connectivity index (χ2v) is 10.0. The molecule has 4 aromatic rings. The Morgan fingerprint density at radius 2 is 1.89 bits per heavy atom. The number of aromatic amines is 1. The number of H-pyrrole nitrogens is 1. The van der Waals surface area contributed by atoms with Gasteiger partial charge in [0, 0.05) is 29.1 Å². The first kappa shape index (κ1) is 24.3. The Bertz CT molecular complexity index is 1400. The standard InChI is InChI=1S/C28H33FN6O/c1-4-26(27-31-32-33-35(27)16-20-9-11-22(29)12-10-20)34(23-7-5-6-8-23)17-21-15-24-19(3)13-18(2)14-25(24)30-28(21)36/h9-15,23,26H,4-8,16-17H2,1-3H3,(H,30,36). The Hall–Kier alpha value is -3.39. The third kappa shape index (κ3) is 4.95. The van der Waals surface area contributed by atoms with Crippen LogP contribution < -0.4 is 5.56 Å². The number of benzene rings is 2. The quantitative estimate of drug-likeness (QED) is 0.368. The number of fused-ring (bicyclic) bond motifs is 1. The van der Waals surface area contributed by atoms with Crippen LogP contribution in [0.4, 0.5) is 4.39 Å². The number of nitrogens with one attached hydrogen (secondary N) is 1. The molecule has 1 aliphatic carbocycles. The molecule has 0 spiro atoms. The molecule has 5 rings (SSSR count). The molecule has 0 aliphatic heterocycles. The number of aryl methyl sites for hydroxylation is 2. The first-order valence-electron chi connectivity index (χ1n) is 12.8. The number of halogens is 1. The Morgan fingerprint density at radius 3 is 2.61 bits per heavy atom. The molecule has 2 heterocycles. The molecule has 2 aromatic carbocycles. The molecule has 36 heavy (non-hydrogen) atoms. The highest BCUT2D eigenvalue weighted by Crippen LogP contribution is 2.34. The molecule has 1 N–H and O–H groups in total. The first-order valence-corrected chi connectivity index (χ1v) is 12.8. The summed E-state index contributed by atoms with van der Waals surface area (Å²) in [6.07, 6.45) is 5.37. The van der Waals surface area contributed by atoms with Crippen molar-refractivity contribution in [3.05, 3.63) is 86.7 Å².